The zero-order valence-corrected chi connectivity index (χ0v) is 11.9. The van der Waals surface area contributed by atoms with Gasteiger partial charge in [-0.05, 0) is 54.8 Å². The summed E-state index contributed by atoms with van der Waals surface area (Å²) in [6.45, 7) is 7.51. The molecule has 0 saturated carbocycles. The summed E-state index contributed by atoms with van der Waals surface area (Å²) in [7, 11) is 0. The van der Waals surface area contributed by atoms with Gasteiger partial charge in [0, 0.05) is 0 Å². The van der Waals surface area contributed by atoms with Gasteiger partial charge in [0.15, 0.2) is 0 Å². The highest BCUT2D eigenvalue weighted by atomic mass is 19.1. The van der Waals surface area contributed by atoms with Crippen molar-refractivity contribution in [3.8, 4) is 0 Å². The number of rotatable bonds is 6. The van der Waals surface area contributed by atoms with Gasteiger partial charge in [0.05, 0.1) is 0 Å². The molecule has 1 unspecified atom stereocenters. The average molecular weight is 251 g/mol. The predicted molar refractivity (Wildman–Crippen MR) is 76.0 cm³/mol. The van der Waals surface area contributed by atoms with E-state index in [-0.39, 0.29) is 5.82 Å². The third-order valence-corrected chi connectivity index (χ3v) is 3.31. The van der Waals surface area contributed by atoms with Gasteiger partial charge in [-0.25, -0.2) is 4.39 Å². The fourth-order valence-electron chi connectivity index (χ4n) is 2.18. The maximum atomic E-state index is 12.8. The van der Waals surface area contributed by atoms with Gasteiger partial charge in [-0.3, -0.25) is 0 Å². The fraction of sp³-hybridized carbons (Fsp3) is 0.625. The van der Waals surface area contributed by atoms with Gasteiger partial charge in [0.25, 0.3) is 0 Å². The normalized spacial score (nSPS) is 13.6. The monoisotopic (exact) mass is 251 g/mol. The molecule has 0 amide bonds. The third kappa shape index (κ3) is 6.15. The SMILES string of the molecule is CC(C)(C)CCCC(CN)Cc1ccc(F)cc1. The Hall–Kier alpha value is -0.890. The van der Waals surface area contributed by atoms with Crippen LogP contribution in [0.1, 0.15) is 45.6 Å². The molecule has 102 valence electrons. The van der Waals surface area contributed by atoms with E-state index in [0.717, 1.165) is 12.8 Å². The second-order valence-electron chi connectivity index (χ2n) is 6.39. The molecule has 1 aromatic rings. The van der Waals surface area contributed by atoms with Crippen LogP contribution in [0.3, 0.4) is 0 Å². The van der Waals surface area contributed by atoms with Crippen LogP contribution in [0.5, 0.6) is 0 Å². The molecule has 1 aromatic carbocycles. The van der Waals surface area contributed by atoms with E-state index >= 15 is 0 Å². The van der Waals surface area contributed by atoms with E-state index in [0.29, 0.717) is 17.9 Å². The predicted octanol–water partition coefficient (Wildman–Crippen LogP) is 4.16. The van der Waals surface area contributed by atoms with Crippen LogP contribution in [-0.2, 0) is 6.42 Å². The van der Waals surface area contributed by atoms with Gasteiger partial charge < -0.3 is 5.73 Å². The molecule has 0 aliphatic carbocycles. The van der Waals surface area contributed by atoms with Crippen LogP contribution in [0.2, 0.25) is 0 Å². The Kier molecular flexibility index (Phi) is 5.80. The maximum absolute atomic E-state index is 12.8. The molecule has 18 heavy (non-hydrogen) atoms. The van der Waals surface area contributed by atoms with Gasteiger partial charge in [0.1, 0.15) is 5.82 Å². The summed E-state index contributed by atoms with van der Waals surface area (Å²) in [5.74, 6) is 0.341. The first-order valence-electron chi connectivity index (χ1n) is 6.85. The molecule has 0 heterocycles. The minimum Gasteiger partial charge on any atom is -0.330 e. The van der Waals surface area contributed by atoms with Gasteiger partial charge in [-0.1, -0.05) is 39.3 Å². The summed E-state index contributed by atoms with van der Waals surface area (Å²) >= 11 is 0. The van der Waals surface area contributed by atoms with Crippen LogP contribution >= 0.6 is 0 Å². The molecule has 0 bridgehead atoms. The van der Waals surface area contributed by atoms with Crippen molar-refractivity contribution < 1.29 is 4.39 Å². The molecule has 2 N–H and O–H groups in total. The minimum atomic E-state index is -0.171. The number of benzene rings is 1. The molecule has 0 saturated heterocycles. The molecule has 0 aliphatic rings. The van der Waals surface area contributed by atoms with Crippen molar-refractivity contribution in [2.24, 2.45) is 17.1 Å². The van der Waals surface area contributed by atoms with Crippen LogP contribution in [0.4, 0.5) is 4.39 Å². The molecular formula is C16H26FN. The van der Waals surface area contributed by atoms with E-state index in [2.05, 4.69) is 20.8 Å². The quantitative estimate of drug-likeness (QED) is 0.807. The number of hydrogen-bond acceptors (Lipinski definition) is 1. The summed E-state index contributed by atoms with van der Waals surface area (Å²) < 4.78 is 12.8. The van der Waals surface area contributed by atoms with E-state index in [1.165, 1.54) is 30.5 Å². The fourth-order valence-corrected chi connectivity index (χ4v) is 2.18. The molecule has 1 rings (SSSR count). The van der Waals surface area contributed by atoms with Crippen LogP contribution in [-0.4, -0.2) is 6.54 Å². The van der Waals surface area contributed by atoms with Gasteiger partial charge >= 0.3 is 0 Å². The lowest BCUT2D eigenvalue weighted by Gasteiger charge is -2.20. The van der Waals surface area contributed by atoms with Crippen LogP contribution < -0.4 is 5.73 Å². The van der Waals surface area contributed by atoms with Crippen LogP contribution in [0, 0.1) is 17.2 Å². The molecule has 1 atom stereocenters. The van der Waals surface area contributed by atoms with Crippen molar-refractivity contribution in [3.63, 3.8) is 0 Å². The Morgan fingerprint density at radius 2 is 1.78 bits per heavy atom. The van der Waals surface area contributed by atoms with Gasteiger partial charge in [-0.15, -0.1) is 0 Å². The number of hydrogen-bond donors (Lipinski definition) is 1. The second kappa shape index (κ2) is 6.89. The smallest absolute Gasteiger partial charge is 0.123 e. The van der Waals surface area contributed by atoms with Crippen molar-refractivity contribution in [3.05, 3.63) is 35.6 Å². The minimum absolute atomic E-state index is 0.171. The molecule has 0 radical (unpaired) electrons. The molecular weight excluding hydrogens is 225 g/mol. The summed E-state index contributed by atoms with van der Waals surface area (Å²) in [6.07, 6.45) is 4.56. The third-order valence-electron chi connectivity index (χ3n) is 3.31. The zero-order chi connectivity index (χ0) is 13.6. The summed E-state index contributed by atoms with van der Waals surface area (Å²) in [5.41, 5.74) is 7.41. The standard InChI is InChI=1S/C16H26FN/c1-16(2,3)10-4-5-14(12-18)11-13-6-8-15(17)9-7-13/h6-9,14H,4-5,10-12,18H2,1-3H3. The Morgan fingerprint density at radius 1 is 1.17 bits per heavy atom. The van der Waals surface area contributed by atoms with Gasteiger partial charge in [-0.2, -0.15) is 0 Å². The maximum Gasteiger partial charge on any atom is 0.123 e. The average Bonchev–Trinajstić information content (AvgIpc) is 2.29. The number of halogens is 1. The van der Waals surface area contributed by atoms with Gasteiger partial charge in [0.2, 0.25) is 0 Å². The van der Waals surface area contributed by atoms with Crippen molar-refractivity contribution in [2.75, 3.05) is 6.54 Å². The van der Waals surface area contributed by atoms with E-state index in [1.807, 2.05) is 12.1 Å². The Labute approximate surface area is 111 Å². The van der Waals surface area contributed by atoms with Crippen molar-refractivity contribution in [1.82, 2.24) is 0 Å². The molecule has 0 fully saturated rings. The summed E-state index contributed by atoms with van der Waals surface area (Å²) in [5, 5.41) is 0. The second-order valence-corrected chi connectivity index (χ2v) is 6.39. The highest BCUT2D eigenvalue weighted by Crippen LogP contribution is 2.24. The van der Waals surface area contributed by atoms with E-state index < -0.39 is 0 Å². The highest BCUT2D eigenvalue weighted by Gasteiger charge is 2.13. The molecule has 2 heteroatoms. The lowest BCUT2D eigenvalue weighted by Crippen LogP contribution is -2.17. The van der Waals surface area contributed by atoms with E-state index in [1.54, 1.807) is 0 Å². The largest absolute Gasteiger partial charge is 0.330 e. The first-order chi connectivity index (χ1) is 8.40. The first-order valence-corrected chi connectivity index (χ1v) is 6.85. The van der Waals surface area contributed by atoms with Crippen molar-refractivity contribution in [1.29, 1.82) is 0 Å². The molecule has 1 nitrogen and oxygen atoms in total. The van der Waals surface area contributed by atoms with Crippen LogP contribution in [0.15, 0.2) is 24.3 Å². The van der Waals surface area contributed by atoms with Crippen molar-refractivity contribution in [2.45, 2.75) is 46.5 Å². The molecule has 0 aromatic heterocycles. The first kappa shape index (κ1) is 15.2. The Morgan fingerprint density at radius 3 is 2.28 bits per heavy atom. The lowest BCUT2D eigenvalue weighted by atomic mass is 9.86. The molecule has 0 spiro atoms. The Bertz CT molecular complexity index is 337. The zero-order valence-electron chi connectivity index (χ0n) is 11.9. The van der Waals surface area contributed by atoms with E-state index in [9.17, 15) is 4.39 Å². The van der Waals surface area contributed by atoms with Crippen molar-refractivity contribution >= 4 is 0 Å². The van der Waals surface area contributed by atoms with E-state index in [4.69, 9.17) is 5.73 Å². The lowest BCUT2D eigenvalue weighted by molar-refractivity contribution is 0.338. The molecule has 0 aliphatic heterocycles. The topological polar surface area (TPSA) is 26.0 Å². The highest BCUT2D eigenvalue weighted by molar-refractivity contribution is 5.16. The number of nitrogens with two attached hydrogens (primary N) is 1. The summed E-state index contributed by atoms with van der Waals surface area (Å²) in [4.78, 5) is 0. The summed E-state index contributed by atoms with van der Waals surface area (Å²) in [6, 6.07) is 6.78. The Balaban J connectivity index is 2.40. The van der Waals surface area contributed by atoms with Crippen LogP contribution in [0.25, 0.3) is 0 Å².